The zero-order valence-corrected chi connectivity index (χ0v) is 8.71. The average Bonchev–Trinajstić information content (AvgIpc) is 2.68. The molecule has 0 atom stereocenters. The Labute approximate surface area is 96.5 Å². The van der Waals surface area contributed by atoms with Crippen molar-refractivity contribution in [2.45, 2.75) is 0 Å². The number of rotatable bonds is 0. The third-order valence-corrected chi connectivity index (χ3v) is 2.14. The lowest BCUT2D eigenvalue weighted by atomic mass is 10.5. The molecule has 0 spiro atoms. The maximum absolute atomic E-state index is 11.4. The van der Waals surface area contributed by atoms with Crippen LogP contribution in [0.15, 0.2) is 37.0 Å². The summed E-state index contributed by atoms with van der Waals surface area (Å²) in [6, 6.07) is 1.81. The van der Waals surface area contributed by atoms with Gasteiger partial charge in [-0.2, -0.15) is 9.56 Å². The minimum Gasteiger partial charge on any atom is -0.389 e. The van der Waals surface area contributed by atoms with Gasteiger partial charge >= 0.3 is 17.1 Å². The van der Waals surface area contributed by atoms with Crippen molar-refractivity contribution in [3.63, 3.8) is 0 Å². The van der Waals surface area contributed by atoms with Gasteiger partial charge in [0.15, 0.2) is 16.7 Å². The highest BCUT2D eigenvalue weighted by Gasteiger charge is 2.06. The lowest BCUT2D eigenvalue weighted by Gasteiger charge is -1.90. The zero-order chi connectivity index (χ0) is 12.7. The first kappa shape index (κ1) is 10.2. The summed E-state index contributed by atoms with van der Waals surface area (Å²) in [5.41, 5.74) is -1.47. The summed E-state index contributed by atoms with van der Waals surface area (Å²) < 4.78 is 10.6. The Balaban J connectivity index is 2.76. The molecule has 0 aliphatic heterocycles. The molecule has 0 amide bonds. The average molecular weight is 247 g/mol. The van der Waals surface area contributed by atoms with Crippen LogP contribution in [0, 0.1) is 5.41 Å². The third-order valence-electron chi connectivity index (χ3n) is 2.14. The molecule has 0 saturated carbocycles. The van der Waals surface area contributed by atoms with E-state index in [4.69, 9.17) is 14.3 Å². The van der Waals surface area contributed by atoms with Gasteiger partial charge in [0.05, 0.1) is 0 Å². The number of fused-ring (bicyclic) bond motifs is 6. The maximum Gasteiger partial charge on any atom is 0.356 e. The van der Waals surface area contributed by atoms with E-state index in [9.17, 15) is 9.59 Å². The number of imidazole rings is 1. The molecule has 9 heteroatoms. The zero-order valence-electron chi connectivity index (χ0n) is 8.71. The van der Waals surface area contributed by atoms with Crippen LogP contribution in [-0.2, 0) is 0 Å². The summed E-state index contributed by atoms with van der Waals surface area (Å²) in [5, 5.41) is 7.68. The van der Waals surface area contributed by atoms with Gasteiger partial charge in [-0.25, -0.2) is 14.6 Å². The van der Waals surface area contributed by atoms with Crippen LogP contribution in [-0.4, -0.2) is 19.5 Å². The highest BCUT2D eigenvalue weighted by atomic mass is 16.5. The molecule has 2 N–H and O–H groups in total. The second kappa shape index (κ2) is 3.52. The van der Waals surface area contributed by atoms with Crippen molar-refractivity contribution in [3.05, 3.63) is 44.8 Å². The molecule has 4 aromatic heterocycles. The van der Waals surface area contributed by atoms with Crippen molar-refractivity contribution < 1.29 is 8.94 Å². The fourth-order valence-electron chi connectivity index (χ4n) is 1.44. The highest BCUT2D eigenvalue weighted by Crippen LogP contribution is 2.01. The van der Waals surface area contributed by atoms with E-state index >= 15 is 0 Å². The SMILES string of the molecule is N=c1nc2[nH]c3ncn(oc(=O)ccc(=O)o2)c13. The predicted molar refractivity (Wildman–Crippen MR) is 56.6 cm³/mol. The van der Waals surface area contributed by atoms with E-state index in [-0.39, 0.29) is 22.5 Å². The van der Waals surface area contributed by atoms with Gasteiger partial charge in [0.1, 0.15) is 6.33 Å². The number of hydrogen-bond acceptors (Lipinski definition) is 7. The molecule has 0 radical (unpaired) electrons. The smallest absolute Gasteiger partial charge is 0.356 e. The lowest BCUT2D eigenvalue weighted by Crippen LogP contribution is -2.10. The fraction of sp³-hybridized carbons (Fsp3) is 0. The van der Waals surface area contributed by atoms with E-state index in [1.54, 1.807) is 0 Å². The molecule has 0 aromatic carbocycles. The molecule has 0 saturated heterocycles. The van der Waals surface area contributed by atoms with Gasteiger partial charge in [-0.05, 0) is 0 Å². The van der Waals surface area contributed by atoms with E-state index < -0.39 is 11.3 Å². The molecule has 18 heavy (non-hydrogen) atoms. The van der Waals surface area contributed by atoms with Crippen molar-refractivity contribution in [1.82, 2.24) is 19.5 Å². The van der Waals surface area contributed by atoms with Crippen molar-refractivity contribution in [2.24, 2.45) is 0 Å². The molecular formula is C9H5N5O4. The monoisotopic (exact) mass is 247 g/mol. The maximum atomic E-state index is 11.4. The molecule has 4 heterocycles. The number of aromatic nitrogens is 4. The Morgan fingerprint density at radius 2 is 2.06 bits per heavy atom. The molecular weight excluding hydrogens is 242 g/mol. The standard InChI is InChI=1S/C9H5N5O4/c10-7-6-8-11-3-14(6)18-5(16)2-1-4(15)17-9(12-7)13-8/h1-3H,(H2,10,12,13). The van der Waals surface area contributed by atoms with Gasteiger partial charge < -0.3 is 8.94 Å². The Kier molecular flexibility index (Phi) is 1.99. The number of hydrogen-bond donors (Lipinski definition) is 2. The Morgan fingerprint density at radius 3 is 2.89 bits per heavy atom. The van der Waals surface area contributed by atoms with E-state index in [2.05, 4.69) is 15.0 Å². The van der Waals surface area contributed by atoms with E-state index in [1.165, 1.54) is 6.33 Å². The Morgan fingerprint density at radius 1 is 1.28 bits per heavy atom. The molecule has 4 aromatic rings. The quantitative estimate of drug-likeness (QED) is 0.532. The van der Waals surface area contributed by atoms with E-state index in [1.807, 2.05) is 0 Å². The highest BCUT2D eigenvalue weighted by molar-refractivity contribution is 5.69. The van der Waals surface area contributed by atoms with Crippen molar-refractivity contribution >= 4 is 17.0 Å². The molecule has 4 rings (SSSR count). The Bertz CT molecular complexity index is 945. The van der Waals surface area contributed by atoms with Gasteiger partial charge in [0.25, 0.3) is 0 Å². The molecule has 90 valence electrons. The second-order valence-corrected chi connectivity index (χ2v) is 3.32. The normalized spacial score (nSPS) is 10.9. The summed E-state index contributed by atoms with van der Waals surface area (Å²) in [5.74, 6) is -0.179. The van der Waals surface area contributed by atoms with Crippen LogP contribution in [0.2, 0.25) is 0 Å². The topological polar surface area (TPSA) is 130 Å². The van der Waals surface area contributed by atoms with E-state index in [0.717, 1.165) is 16.7 Å². The number of H-pyrrole nitrogens is 1. The second-order valence-electron chi connectivity index (χ2n) is 3.32. The lowest BCUT2D eigenvalue weighted by molar-refractivity contribution is 0.336. The van der Waals surface area contributed by atoms with Crippen molar-refractivity contribution in [1.29, 1.82) is 5.41 Å². The van der Waals surface area contributed by atoms with Gasteiger partial charge in [-0.1, -0.05) is 0 Å². The first-order chi connectivity index (χ1) is 8.63. The van der Waals surface area contributed by atoms with Crippen molar-refractivity contribution in [2.75, 3.05) is 0 Å². The van der Waals surface area contributed by atoms with Crippen LogP contribution in [0.4, 0.5) is 0 Å². The summed E-state index contributed by atoms with van der Waals surface area (Å²) in [6.07, 6.45) is 1.21. The summed E-state index contributed by atoms with van der Waals surface area (Å²) in [4.78, 5) is 32.8. The molecule has 4 bridgehead atoms. The van der Waals surface area contributed by atoms with Crippen molar-refractivity contribution in [3.8, 4) is 0 Å². The summed E-state index contributed by atoms with van der Waals surface area (Å²) >= 11 is 0. The summed E-state index contributed by atoms with van der Waals surface area (Å²) in [7, 11) is 0. The van der Waals surface area contributed by atoms with Crippen LogP contribution in [0.5, 0.6) is 0 Å². The van der Waals surface area contributed by atoms with E-state index in [0.29, 0.717) is 0 Å². The first-order valence-electron chi connectivity index (χ1n) is 4.77. The molecule has 0 fully saturated rings. The minimum absolute atomic E-state index is 0.165. The number of nitrogens with zero attached hydrogens (tertiary/aromatic N) is 3. The first-order valence-corrected chi connectivity index (χ1v) is 4.77. The molecule has 0 aliphatic rings. The van der Waals surface area contributed by atoms with Crippen LogP contribution < -0.4 is 16.7 Å². The molecule has 0 unspecified atom stereocenters. The van der Waals surface area contributed by atoms with Gasteiger partial charge in [0.2, 0.25) is 0 Å². The summed E-state index contributed by atoms with van der Waals surface area (Å²) in [6.45, 7) is 0. The number of nitrogens with one attached hydrogen (secondary N) is 2. The van der Waals surface area contributed by atoms with Crippen LogP contribution in [0.25, 0.3) is 17.0 Å². The predicted octanol–water partition coefficient (Wildman–Crippen LogP) is -0.841. The largest absolute Gasteiger partial charge is 0.389 e. The number of aromatic amines is 1. The third kappa shape index (κ3) is 1.54. The van der Waals surface area contributed by atoms with Gasteiger partial charge in [-0.15, -0.1) is 0 Å². The molecule has 0 aliphatic carbocycles. The van der Waals surface area contributed by atoms with Gasteiger partial charge in [0, 0.05) is 12.1 Å². The Hall–Kier alpha value is -2.97. The van der Waals surface area contributed by atoms with Gasteiger partial charge in [-0.3, -0.25) is 10.4 Å². The molecule has 9 nitrogen and oxygen atoms in total. The van der Waals surface area contributed by atoms with Crippen LogP contribution in [0.1, 0.15) is 0 Å². The fourth-order valence-corrected chi connectivity index (χ4v) is 1.44. The van der Waals surface area contributed by atoms with Crippen LogP contribution >= 0.6 is 0 Å². The minimum atomic E-state index is -0.813. The van der Waals surface area contributed by atoms with Crippen LogP contribution in [0.3, 0.4) is 0 Å².